The largest absolute Gasteiger partial charge is 0.457 e. The normalized spacial score (nSPS) is 13.6. The predicted octanol–water partition coefficient (Wildman–Crippen LogP) is 4.73. The maximum Gasteiger partial charge on any atom is 0.457 e. The summed E-state index contributed by atoms with van der Waals surface area (Å²) in [6.07, 6.45) is -8.95. The third-order valence-electron chi connectivity index (χ3n) is 1.56. The Kier molecular flexibility index (Phi) is 4.34. The fourth-order valence-corrected chi connectivity index (χ4v) is 1.80. The molecule has 0 aliphatic heterocycles. The summed E-state index contributed by atoms with van der Waals surface area (Å²) in [5.41, 5.74) is 0. The highest BCUT2D eigenvalue weighted by Gasteiger charge is 2.43. The van der Waals surface area contributed by atoms with Gasteiger partial charge >= 0.3 is 12.5 Å². The van der Waals surface area contributed by atoms with E-state index in [9.17, 15) is 26.3 Å². The van der Waals surface area contributed by atoms with Crippen molar-refractivity contribution in [2.45, 2.75) is 12.5 Å². The first-order valence-corrected chi connectivity index (χ1v) is 5.43. The van der Waals surface area contributed by atoms with Crippen LogP contribution in [0.4, 0.5) is 26.3 Å². The molecule has 0 radical (unpaired) electrons. The summed E-state index contributed by atoms with van der Waals surface area (Å²) in [6, 6.07) is 0.426. The fourth-order valence-electron chi connectivity index (χ4n) is 0.815. The predicted molar refractivity (Wildman–Crippen MR) is 53.3 cm³/mol. The maximum atomic E-state index is 13.2. The zero-order valence-electron chi connectivity index (χ0n) is 7.59. The summed E-state index contributed by atoms with van der Waals surface area (Å²) in [5, 5.41) is 0. The van der Waals surface area contributed by atoms with Gasteiger partial charge in [0.05, 0.1) is 8.95 Å². The Morgan fingerprint density at radius 2 is 1.65 bits per heavy atom. The van der Waals surface area contributed by atoms with E-state index < -0.39 is 38.9 Å². The van der Waals surface area contributed by atoms with Crippen LogP contribution in [0.2, 0.25) is 0 Å². The van der Waals surface area contributed by atoms with E-state index in [1.54, 1.807) is 0 Å². The second-order valence-electron chi connectivity index (χ2n) is 2.77. The lowest BCUT2D eigenvalue weighted by molar-refractivity contribution is -0.236. The van der Waals surface area contributed by atoms with Gasteiger partial charge in [0.1, 0.15) is 11.6 Å². The molecule has 0 amide bonds. The number of benzene rings is 1. The van der Waals surface area contributed by atoms with E-state index in [4.69, 9.17) is 0 Å². The molecule has 17 heavy (non-hydrogen) atoms. The van der Waals surface area contributed by atoms with Crippen molar-refractivity contribution < 1.29 is 31.1 Å². The molecule has 0 saturated carbocycles. The van der Waals surface area contributed by atoms with E-state index in [-0.39, 0.29) is 0 Å². The van der Waals surface area contributed by atoms with Gasteiger partial charge in [-0.3, -0.25) is 0 Å². The zero-order valence-corrected chi connectivity index (χ0v) is 10.8. The third-order valence-corrected chi connectivity index (χ3v) is 3.02. The van der Waals surface area contributed by atoms with Gasteiger partial charge in [-0.2, -0.15) is 17.6 Å². The Morgan fingerprint density at radius 3 is 2.12 bits per heavy atom. The first-order chi connectivity index (χ1) is 7.64. The van der Waals surface area contributed by atoms with Gasteiger partial charge in [-0.25, -0.2) is 8.78 Å². The van der Waals surface area contributed by atoms with Gasteiger partial charge < -0.3 is 4.74 Å². The molecule has 1 aromatic rings. The molecule has 0 fully saturated rings. The van der Waals surface area contributed by atoms with Crippen molar-refractivity contribution in [3.8, 4) is 5.75 Å². The number of hydrogen-bond acceptors (Lipinski definition) is 1. The SMILES string of the molecule is Fc1cc(OC(F)C(F)(F)F)c(Br)c(F)c1Br. The van der Waals surface area contributed by atoms with Crippen molar-refractivity contribution in [1.82, 2.24) is 0 Å². The van der Waals surface area contributed by atoms with Crippen LogP contribution in [-0.4, -0.2) is 12.5 Å². The molecule has 0 aromatic heterocycles. The van der Waals surface area contributed by atoms with Gasteiger partial charge in [-0.1, -0.05) is 0 Å². The molecule has 0 N–H and O–H groups in total. The summed E-state index contributed by atoms with van der Waals surface area (Å²) >= 11 is 5.05. The summed E-state index contributed by atoms with van der Waals surface area (Å²) in [5.74, 6) is -3.36. The molecule has 0 aliphatic rings. The third kappa shape index (κ3) is 3.27. The van der Waals surface area contributed by atoms with Crippen molar-refractivity contribution in [3.63, 3.8) is 0 Å². The first kappa shape index (κ1) is 14.6. The maximum absolute atomic E-state index is 13.2. The highest BCUT2D eigenvalue weighted by Crippen LogP contribution is 2.37. The molecule has 0 spiro atoms. The van der Waals surface area contributed by atoms with E-state index in [1.807, 2.05) is 0 Å². The van der Waals surface area contributed by atoms with E-state index in [0.717, 1.165) is 0 Å². The monoisotopic (exact) mass is 386 g/mol. The summed E-state index contributed by atoms with van der Waals surface area (Å²) in [6.45, 7) is 0. The Labute approximate surface area is 108 Å². The lowest BCUT2D eigenvalue weighted by Crippen LogP contribution is -2.30. The van der Waals surface area contributed by atoms with Crippen LogP contribution in [-0.2, 0) is 0 Å². The van der Waals surface area contributed by atoms with Crippen molar-refractivity contribution in [1.29, 1.82) is 0 Å². The number of ether oxygens (including phenoxy) is 1. The number of hydrogen-bond donors (Lipinski definition) is 0. The van der Waals surface area contributed by atoms with Gasteiger partial charge in [0.15, 0.2) is 5.82 Å². The van der Waals surface area contributed by atoms with Crippen LogP contribution in [0, 0.1) is 11.6 Å². The van der Waals surface area contributed by atoms with E-state index >= 15 is 0 Å². The van der Waals surface area contributed by atoms with Gasteiger partial charge in [0.25, 0.3) is 0 Å². The van der Waals surface area contributed by atoms with Crippen molar-refractivity contribution in [2.24, 2.45) is 0 Å². The molecule has 1 aromatic carbocycles. The average molecular weight is 388 g/mol. The topological polar surface area (TPSA) is 9.23 Å². The second kappa shape index (κ2) is 5.05. The Balaban J connectivity index is 3.09. The molecule has 0 saturated heterocycles. The van der Waals surface area contributed by atoms with Crippen molar-refractivity contribution in [2.75, 3.05) is 0 Å². The molecule has 0 aliphatic carbocycles. The Hall–Kier alpha value is -0.440. The first-order valence-electron chi connectivity index (χ1n) is 3.85. The molecule has 96 valence electrons. The highest BCUT2D eigenvalue weighted by atomic mass is 79.9. The lowest BCUT2D eigenvalue weighted by atomic mass is 10.3. The van der Waals surface area contributed by atoms with Crippen LogP contribution in [0.1, 0.15) is 0 Å². The Morgan fingerprint density at radius 1 is 1.12 bits per heavy atom. The molecule has 0 heterocycles. The van der Waals surface area contributed by atoms with E-state index in [0.29, 0.717) is 6.07 Å². The van der Waals surface area contributed by atoms with Crippen LogP contribution >= 0.6 is 31.9 Å². The molecule has 0 bridgehead atoms. The molecule has 1 unspecified atom stereocenters. The minimum Gasteiger partial charge on any atom is -0.451 e. The van der Waals surface area contributed by atoms with Crippen LogP contribution in [0.5, 0.6) is 5.75 Å². The molecule has 1 nitrogen and oxygen atoms in total. The van der Waals surface area contributed by atoms with Gasteiger partial charge in [0, 0.05) is 6.07 Å². The summed E-state index contributed by atoms with van der Waals surface area (Å²) in [7, 11) is 0. The molecule has 9 heteroatoms. The average Bonchev–Trinajstić information content (AvgIpc) is 2.21. The number of alkyl halides is 4. The van der Waals surface area contributed by atoms with Crippen LogP contribution in [0.3, 0.4) is 0 Å². The Bertz CT molecular complexity index is 433. The molecule has 1 rings (SSSR count). The van der Waals surface area contributed by atoms with Crippen molar-refractivity contribution >= 4 is 31.9 Å². The highest BCUT2D eigenvalue weighted by molar-refractivity contribution is 9.11. The van der Waals surface area contributed by atoms with Crippen LogP contribution < -0.4 is 4.74 Å². The molecule has 1 atom stereocenters. The van der Waals surface area contributed by atoms with Crippen LogP contribution in [0.15, 0.2) is 15.0 Å². The van der Waals surface area contributed by atoms with Gasteiger partial charge in [-0.15, -0.1) is 0 Å². The number of rotatable bonds is 2. The summed E-state index contributed by atoms with van der Waals surface area (Å²) < 4.78 is 76.8. The molecular formula is C8H2Br2F6O. The minimum atomic E-state index is -5.28. The van der Waals surface area contributed by atoms with Gasteiger partial charge in [0.2, 0.25) is 0 Å². The lowest BCUT2D eigenvalue weighted by Gasteiger charge is -2.16. The quantitative estimate of drug-likeness (QED) is 0.405. The van der Waals surface area contributed by atoms with Gasteiger partial charge in [-0.05, 0) is 31.9 Å². The van der Waals surface area contributed by atoms with E-state index in [1.165, 1.54) is 0 Å². The number of halogens is 8. The smallest absolute Gasteiger partial charge is 0.451 e. The fraction of sp³-hybridized carbons (Fsp3) is 0.250. The van der Waals surface area contributed by atoms with Crippen LogP contribution in [0.25, 0.3) is 0 Å². The standard InChI is InChI=1S/C8H2Br2F6O/c9-4-2(11)1-3(5(10)6(4)12)17-7(13)8(14,15)16/h1,7H. The molecular weight excluding hydrogens is 386 g/mol. The zero-order chi connectivity index (χ0) is 13.4. The van der Waals surface area contributed by atoms with Crippen molar-refractivity contribution in [3.05, 3.63) is 26.6 Å². The van der Waals surface area contributed by atoms with E-state index in [2.05, 4.69) is 36.6 Å². The second-order valence-corrected chi connectivity index (χ2v) is 4.36. The minimum absolute atomic E-state index is 0.426. The summed E-state index contributed by atoms with van der Waals surface area (Å²) in [4.78, 5) is 0.